The number of rotatable bonds is 6. The Labute approximate surface area is 170 Å². The molecule has 0 spiro atoms. The van der Waals surface area contributed by atoms with Gasteiger partial charge in [-0.1, -0.05) is 42.5 Å². The molecule has 29 heavy (non-hydrogen) atoms. The first-order chi connectivity index (χ1) is 14.2. The predicted molar refractivity (Wildman–Crippen MR) is 118 cm³/mol. The Morgan fingerprint density at radius 1 is 0.828 bits per heavy atom. The van der Waals surface area contributed by atoms with E-state index in [1.807, 2.05) is 60.8 Å². The van der Waals surface area contributed by atoms with Gasteiger partial charge in [-0.25, -0.2) is 4.98 Å². The van der Waals surface area contributed by atoms with E-state index in [1.54, 1.807) is 6.20 Å². The van der Waals surface area contributed by atoms with E-state index in [4.69, 9.17) is 4.98 Å². The Morgan fingerprint density at radius 3 is 2.45 bits per heavy atom. The number of pyridine rings is 1. The smallest absolute Gasteiger partial charge is 0.229 e. The minimum atomic E-state index is 0.559. The van der Waals surface area contributed by atoms with Gasteiger partial charge >= 0.3 is 0 Å². The summed E-state index contributed by atoms with van der Waals surface area (Å²) in [6, 6.07) is 22.3. The summed E-state index contributed by atoms with van der Waals surface area (Å²) >= 11 is 0. The lowest BCUT2D eigenvalue weighted by Crippen LogP contribution is -2.06. The molecule has 0 atom stereocenters. The Balaban J connectivity index is 1.64. The molecular formula is C24H23N5. The summed E-state index contributed by atoms with van der Waals surface area (Å²) in [5.41, 5.74) is 6.45. The van der Waals surface area contributed by atoms with Crippen LogP contribution < -0.4 is 10.6 Å². The Kier molecular flexibility index (Phi) is 5.47. The molecule has 0 saturated heterocycles. The molecule has 0 bridgehead atoms. The fourth-order valence-corrected chi connectivity index (χ4v) is 2.99. The Morgan fingerprint density at radius 2 is 1.69 bits per heavy atom. The molecule has 0 aliphatic carbocycles. The van der Waals surface area contributed by atoms with Crippen molar-refractivity contribution in [3.63, 3.8) is 0 Å². The molecule has 0 aliphatic rings. The van der Waals surface area contributed by atoms with E-state index in [1.165, 1.54) is 11.1 Å². The van der Waals surface area contributed by atoms with Crippen LogP contribution in [0.3, 0.4) is 0 Å². The lowest BCUT2D eigenvalue weighted by Gasteiger charge is -2.12. The van der Waals surface area contributed by atoms with Gasteiger partial charge in [-0.15, -0.1) is 0 Å². The zero-order valence-corrected chi connectivity index (χ0v) is 16.6. The van der Waals surface area contributed by atoms with Gasteiger partial charge in [-0.2, -0.15) is 4.98 Å². The van der Waals surface area contributed by atoms with Crippen molar-refractivity contribution >= 4 is 17.5 Å². The van der Waals surface area contributed by atoms with Crippen LogP contribution in [0.2, 0.25) is 0 Å². The molecule has 4 aromatic rings. The van der Waals surface area contributed by atoms with Crippen molar-refractivity contribution in [2.75, 3.05) is 10.6 Å². The first kappa shape index (κ1) is 18.6. The molecule has 2 aromatic heterocycles. The summed E-state index contributed by atoms with van der Waals surface area (Å²) in [5.74, 6) is 1.32. The highest BCUT2D eigenvalue weighted by Crippen LogP contribution is 2.24. The Bertz CT molecular complexity index is 1090. The van der Waals surface area contributed by atoms with Crippen molar-refractivity contribution in [3.8, 4) is 11.3 Å². The van der Waals surface area contributed by atoms with Crippen LogP contribution in [0.1, 0.15) is 16.7 Å². The van der Waals surface area contributed by atoms with Gasteiger partial charge in [0.25, 0.3) is 0 Å². The van der Waals surface area contributed by atoms with Crippen LogP contribution in [0, 0.1) is 13.8 Å². The fraction of sp³-hybridized carbons (Fsp3) is 0.125. The number of anilines is 3. The molecule has 2 heterocycles. The van der Waals surface area contributed by atoms with Crippen LogP contribution in [0.25, 0.3) is 11.3 Å². The summed E-state index contributed by atoms with van der Waals surface area (Å²) in [6.07, 6.45) is 3.62. The van der Waals surface area contributed by atoms with Crippen LogP contribution in [0.5, 0.6) is 0 Å². The van der Waals surface area contributed by atoms with Crippen LogP contribution in [0.4, 0.5) is 17.5 Å². The van der Waals surface area contributed by atoms with E-state index in [2.05, 4.69) is 46.6 Å². The van der Waals surface area contributed by atoms with Crippen molar-refractivity contribution in [1.82, 2.24) is 15.0 Å². The number of hydrogen-bond donors (Lipinski definition) is 2. The number of aromatic nitrogens is 3. The SMILES string of the molecule is Cc1ccc(Nc2nc(NCc3cccnc3)cc(-c3ccccc3)n2)cc1C. The molecular weight excluding hydrogens is 358 g/mol. The molecule has 0 saturated carbocycles. The highest BCUT2D eigenvalue weighted by Gasteiger charge is 2.08. The van der Waals surface area contributed by atoms with Gasteiger partial charge in [-0.05, 0) is 48.7 Å². The summed E-state index contributed by atoms with van der Waals surface area (Å²) in [5, 5.41) is 6.73. The zero-order chi connectivity index (χ0) is 20.1. The molecule has 5 nitrogen and oxygen atoms in total. The molecule has 0 aliphatic heterocycles. The normalized spacial score (nSPS) is 10.6. The first-order valence-corrected chi connectivity index (χ1v) is 9.59. The van der Waals surface area contributed by atoms with Crippen LogP contribution in [-0.2, 0) is 6.54 Å². The van der Waals surface area contributed by atoms with Crippen molar-refractivity contribution in [2.24, 2.45) is 0 Å². The number of nitrogens with zero attached hydrogens (tertiary/aromatic N) is 3. The second-order valence-electron chi connectivity index (χ2n) is 6.97. The topological polar surface area (TPSA) is 62.7 Å². The number of nitrogens with one attached hydrogen (secondary N) is 2. The molecule has 5 heteroatoms. The van der Waals surface area contributed by atoms with E-state index < -0.39 is 0 Å². The van der Waals surface area contributed by atoms with Gasteiger partial charge in [0.2, 0.25) is 5.95 Å². The molecule has 2 aromatic carbocycles. The lowest BCUT2D eigenvalue weighted by molar-refractivity contribution is 1.07. The Hall–Kier alpha value is -3.73. The van der Waals surface area contributed by atoms with Gasteiger partial charge in [-0.3, -0.25) is 4.98 Å². The molecule has 0 amide bonds. The molecule has 144 valence electrons. The molecule has 0 unspecified atom stereocenters. The maximum absolute atomic E-state index is 4.73. The van der Waals surface area contributed by atoms with Gasteiger partial charge < -0.3 is 10.6 Å². The first-order valence-electron chi connectivity index (χ1n) is 9.59. The highest BCUT2D eigenvalue weighted by molar-refractivity contribution is 5.66. The largest absolute Gasteiger partial charge is 0.366 e. The van der Waals surface area contributed by atoms with Crippen molar-refractivity contribution in [2.45, 2.75) is 20.4 Å². The minimum Gasteiger partial charge on any atom is -0.366 e. The van der Waals surface area contributed by atoms with Crippen LogP contribution in [-0.4, -0.2) is 15.0 Å². The summed E-state index contributed by atoms with van der Waals surface area (Å²) in [7, 11) is 0. The fourth-order valence-electron chi connectivity index (χ4n) is 2.99. The number of hydrogen-bond acceptors (Lipinski definition) is 5. The lowest BCUT2D eigenvalue weighted by atomic mass is 10.1. The molecule has 0 radical (unpaired) electrons. The predicted octanol–water partition coefficient (Wildman–Crippen LogP) is 5.51. The average molecular weight is 381 g/mol. The van der Waals surface area contributed by atoms with Gasteiger partial charge in [0, 0.05) is 36.3 Å². The summed E-state index contributed by atoms with van der Waals surface area (Å²) in [4.78, 5) is 13.6. The van der Waals surface area contributed by atoms with Gasteiger partial charge in [0.15, 0.2) is 0 Å². The maximum Gasteiger partial charge on any atom is 0.229 e. The zero-order valence-electron chi connectivity index (χ0n) is 16.6. The van der Waals surface area contributed by atoms with E-state index in [-0.39, 0.29) is 0 Å². The monoisotopic (exact) mass is 381 g/mol. The van der Waals surface area contributed by atoms with E-state index in [0.717, 1.165) is 28.3 Å². The van der Waals surface area contributed by atoms with Crippen molar-refractivity contribution < 1.29 is 0 Å². The number of benzene rings is 2. The molecule has 4 rings (SSSR count). The average Bonchev–Trinajstić information content (AvgIpc) is 2.76. The van der Waals surface area contributed by atoms with Gasteiger partial charge in [0.05, 0.1) is 5.69 Å². The molecule has 2 N–H and O–H groups in total. The maximum atomic E-state index is 4.73. The number of aryl methyl sites for hydroxylation is 2. The third kappa shape index (κ3) is 4.76. The quantitative estimate of drug-likeness (QED) is 0.461. The second kappa shape index (κ2) is 8.52. The summed E-state index contributed by atoms with van der Waals surface area (Å²) < 4.78 is 0. The van der Waals surface area contributed by atoms with Crippen molar-refractivity contribution in [1.29, 1.82) is 0 Å². The third-order valence-electron chi connectivity index (χ3n) is 4.76. The summed E-state index contributed by atoms with van der Waals surface area (Å²) in [6.45, 7) is 4.84. The second-order valence-corrected chi connectivity index (χ2v) is 6.97. The van der Waals surface area contributed by atoms with E-state index in [9.17, 15) is 0 Å². The van der Waals surface area contributed by atoms with Crippen LogP contribution >= 0.6 is 0 Å². The van der Waals surface area contributed by atoms with Crippen molar-refractivity contribution in [3.05, 3.63) is 95.8 Å². The van der Waals surface area contributed by atoms with E-state index >= 15 is 0 Å². The standard InChI is InChI=1S/C24H23N5/c1-17-10-11-21(13-18(17)2)27-24-28-22(20-8-4-3-5-9-20)14-23(29-24)26-16-19-7-6-12-25-15-19/h3-15H,16H2,1-2H3,(H2,26,27,28,29). The van der Waals surface area contributed by atoms with Gasteiger partial charge in [0.1, 0.15) is 5.82 Å². The van der Waals surface area contributed by atoms with Crippen LogP contribution in [0.15, 0.2) is 79.1 Å². The third-order valence-corrected chi connectivity index (χ3v) is 4.76. The minimum absolute atomic E-state index is 0.559. The molecule has 0 fully saturated rings. The highest BCUT2D eigenvalue weighted by atomic mass is 15.1. The van der Waals surface area contributed by atoms with E-state index in [0.29, 0.717) is 12.5 Å².